The summed E-state index contributed by atoms with van der Waals surface area (Å²) in [6.45, 7) is 4.56. The number of aliphatic hydroxyl groups excluding tert-OH is 1. The van der Waals surface area contributed by atoms with Gasteiger partial charge in [0.15, 0.2) is 0 Å². The number of nitrogens with one attached hydrogen (secondary N) is 1. The fraction of sp³-hybridized carbons (Fsp3) is 0.814. The molecule has 0 bridgehead atoms. The number of carbonyl (C=O) groups excluding carboxylic acids is 1. The summed E-state index contributed by atoms with van der Waals surface area (Å²) < 4.78 is 23.4. The summed E-state index contributed by atoms with van der Waals surface area (Å²) in [5.41, 5.74) is 0. The first-order valence-corrected chi connectivity index (χ1v) is 35.3. The summed E-state index contributed by atoms with van der Waals surface area (Å²) in [6.07, 6.45) is 84.5. The fourth-order valence-electron chi connectivity index (χ4n) is 9.95. The van der Waals surface area contributed by atoms with Crippen LogP contribution in [0.5, 0.6) is 0 Å². The van der Waals surface area contributed by atoms with Crippen LogP contribution in [0, 0.1) is 0 Å². The lowest BCUT2D eigenvalue weighted by Gasteiger charge is -2.29. The Morgan fingerprint density at radius 1 is 0.456 bits per heavy atom. The van der Waals surface area contributed by atoms with Crippen molar-refractivity contribution in [2.45, 2.75) is 328 Å². The highest BCUT2D eigenvalue weighted by atomic mass is 31.2. The molecule has 0 fully saturated rings. The molecule has 0 radical (unpaired) electrons. The highest BCUT2D eigenvalue weighted by Crippen LogP contribution is 2.38. The number of allylic oxidation sites excluding steroid dienone is 11. The van der Waals surface area contributed by atoms with Crippen LogP contribution in [0.15, 0.2) is 72.9 Å². The SMILES string of the molecule is CC/C=C\C/C=C\C/C=C\C/C=C\C/C=C\CCCCCCCCCCCCCCCCCCCCCCCCCCCC(=O)NC(COP(=O)([O-])OCC[N+](C)(C)C)C(O)/C=C/CCCCCCCCCCCCCCCC. The zero-order valence-corrected chi connectivity index (χ0v) is 53.7. The molecule has 1 amide bonds. The number of quaternary nitrogens is 1. The quantitative estimate of drug-likeness (QED) is 0.0272. The molecule has 0 aromatic rings. The number of nitrogens with zero attached hydrogens (tertiary/aromatic N) is 1. The monoisotopic (exact) mass is 1130 g/mol. The van der Waals surface area contributed by atoms with Gasteiger partial charge in [0.05, 0.1) is 39.9 Å². The highest BCUT2D eigenvalue weighted by Gasteiger charge is 2.23. The Hall–Kier alpha value is -2.06. The van der Waals surface area contributed by atoms with E-state index < -0.39 is 20.0 Å². The number of rotatable bonds is 62. The average molecular weight is 1130 g/mol. The fourth-order valence-corrected chi connectivity index (χ4v) is 10.7. The van der Waals surface area contributed by atoms with Crippen molar-refractivity contribution in [3.63, 3.8) is 0 Å². The second kappa shape index (κ2) is 60.5. The molecule has 0 aliphatic carbocycles. The van der Waals surface area contributed by atoms with Crippen LogP contribution in [0.1, 0.15) is 316 Å². The number of unbranched alkanes of at least 4 members (excludes halogenated alkanes) is 39. The van der Waals surface area contributed by atoms with Gasteiger partial charge in [0, 0.05) is 6.42 Å². The maximum absolute atomic E-state index is 13.0. The van der Waals surface area contributed by atoms with Crippen molar-refractivity contribution in [3.8, 4) is 0 Å². The number of likely N-dealkylation sites (N-methyl/N-ethyl adjacent to an activating group) is 1. The topological polar surface area (TPSA) is 108 Å². The first-order valence-electron chi connectivity index (χ1n) is 33.8. The van der Waals surface area contributed by atoms with Crippen LogP contribution < -0.4 is 10.2 Å². The zero-order chi connectivity index (χ0) is 57.7. The molecule has 462 valence electrons. The summed E-state index contributed by atoms with van der Waals surface area (Å²) in [6, 6.07) is -0.886. The van der Waals surface area contributed by atoms with E-state index in [9.17, 15) is 19.4 Å². The van der Waals surface area contributed by atoms with Gasteiger partial charge in [-0.25, -0.2) is 0 Å². The summed E-state index contributed by atoms with van der Waals surface area (Å²) in [7, 11) is 1.27. The van der Waals surface area contributed by atoms with Crippen LogP contribution in [0.3, 0.4) is 0 Å². The van der Waals surface area contributed by atoms with Gasteiger partial charge in [-0.2, -0.15) is 0 Å². The van der Waals surface area contributed by atoms with Crippen molar-refractivity contribution in [2.75, 3.05) is 40.9 Å². The van der Waals surface area contributed by atoms with Gasteiger partial charge in [-0.15, -0.1) is 0 Å². The number of hydrogen-bond acceptors (Lipinski definition) is 6. The maximum atomic E-state index is 13.0. The van der Waals surface area contributed by atoms with Crippen molar-refractivity contribution in [3.05, 3.63) is 72.9 Å². The molecule has 79 heavy (non-hydrogen) atoms. The van der Waals surface area contributed by atoms with E-state index in [2.05, 4.69) is 79.9 Å². The maximum Gasteiger partial charge on any atom is 0.268 e. The van der Waals surface area contributed by atoms with E-state index in [-0.39, 0.29) is 19.1 Å². The molecule has 0 aromatic carbocycles. The number of aliphatic hydroxyl groups is 1. The lowest BCUT2D eigenvalue weighted by Crippen LogP contribution is -2.45. The van der Waals surface area contributed by atoms with Gasteiger partial charge in [0.25, 0.3) is 7.82 Å². The van der Waals surface area contributed by atoms with Crippen LogP contribution in [0.25, 0.3) is 0 Å². The van der Waals surface area contributed by atoms with Gasteiger partial charge in [-0.3, -0.25) is 9.36 Å². The molecule has 0 aromatic heterocycles. The van der Waals surface area contributed by atoms with Crippen molar-refractivity contribution >= 4 is 13.7 Å². The largest absolute Gasteiger partial charge is 0.756 e. The first kappa shape index (κ1) is 76.9. The van der Waals surface area contributed by atoms with Gasteiger partial charge in [-0.05, 0) is 64.2 Å². The zero-order valence-electron chi connectivity index (χ0n) is 52.8. The third-order valence-corrected chi connectivity index (χ3v) is 16.1. The van der Waals surface area contributed by atoms with E-state index in [0.29, 0.717) is 17.4 Å². The molecule has 0 rings (SSSR count). The minimum atomic E-state index is -4.60. The van der Waals surface area contributed by atoms with Crippen LogP contribution in [-0.2, 0) is 18.4 Å². The standard InChI is InChI=1S/C70H131N2O6P/c1-6-8-10-12-14-16-18-20-22-24-25-26-27-28-29-30-31-32-33-34-35-36-37-38-39-40-41-42-43-44-45-46-47-48-50-52-54-56-58-60-62-64-70(74)71-68(67-78-79(75,76)77-66-65-72(3,4)5)69(73)63-61-59-57-55-53-51-49-23-21-19-17-15-13-11-9-7-2/h8,10,14,16,20,22,25-26,28-29,61,63,68-69,73H,6-7,9,11-13,15,17-19,21,23-24,27,30-60,62,64-67H2,1-5H3,(H-,71,74,75,76)/b10-8-,16-14-,22-20-,26-25-,29-28-,63-61+. The molecule has 0 aliphatic heterocycles. The van der Waals surface area contributed by atoms with Crippen molar-refractivity contribution in [1.82, 2.24) is 5.32 Å². The van der Waals surface area contributed by atoms with Crippen molar-refractivity contribution in [2.24, 2.45) is 0 Å². The summed E-state index contributed by atoms with van der Waals surface area (Å²) in [5.74, 6) is -0.193. The molecule has 0 saturated carbocycles. The smallest absolute Gasteiger partial charge is 0.268 e. The van der Waals surface area contributed by atoms with E-state index in [0.717, 1.165) is 70.6 Å². The Balaban J connectivity index is 3.90. The molecule has 0 aliphatic rings. The Morgan fingerprint density at radius 2 is 0.772 bits per heavy atom. The van der Waals surface area contributed by atoms with Crippen molar-refractivity contribution in [1.29, 1.82) is 0 Å². The van der Waals surface area contributed by atoms with Gasteiger partial charge < -0.3 is 28.8 Å². The number of hydrogen-bond donors (Lipinski definition) is 2. The van der Waals surface area contributed by atoms with E-state index in [4.69, 9.17) is 9.05 Å². The second-order valence-electron chi connectivity index (χ2n) is 24.2. The van der Waals surface area contributed by atoms with Crippen LogP contribution >= 0.6 is 7.82 Å². The second-order valence-corrected chi connectivity index (χ2v) is 25.6. The number of amides is 1. The van der Waals surface area contributed by atoms with Gasteiger partial charge >= 0.3 is 0 Å². The molecule has 0 heterocycles. The molecule has 3 atom stereocenters. The van der Waals surface area contributed by atoms with E-state index in [1.54, 1.807) is 6.08 Å². The lowest BCUT2D eigenvalue weighted by molar-refractivity contribution is -0.870. The third kappa shape index (κ3) is 63.4. The minimum Gasteiger partial charge on any atom is -0.756 e. The Morgan fingerprint density at radius 3 is 1.13 bits per heavy atom. The van der Waals surface area contributed by atoms with Crippen LogP contribution in [0.4, 0.5) is 0 Å². The first-order chi connectivity index (χ1) is 38.5. The summed E-state index contributed by atoms with van der Waals surface area (Å²) in [4.78, 5) is 25.6. The predicted molar refractivity (Wildman–Crippen MR) is 344 cm³/mol. The van der Waals surface area contributed by atoms with E-state index in [1.165, 1.54) is 225 Å². The van der Waals surface area contributed by atoms with Crippen molar-refractivity contribution < 1.29 is 32.9 Å². The number of phosphoric ester groups is 1. The normalized spacial score (nSPS) is 14.2. The van der Waals surface area contributed by atoms with Gasteiger partial charge in [0.1, 0.15) is 13.2 Å². The highest BCUT2D eigenvalue weighted by molar-refractivity contribution is 7.45. The molecule has 8 nitrogen and oxygen atoms in total. The minimum absolute atomic E-state index is 0.000117. The molecule has 3 unspecified atom stereocenters. The van der Waals surface area contributed by atoms with Gasteiger partial charge in [-0.1, -0.05) is 318 Å². The van der Waals surface area contributed by atoms with Gasteiger partial charge in [0.2, 0.25) is 5.91 Å². The Kier molecular flexibility index (Phi) is 59.0. The van der Waals surface area contributed by atoms with Crippen LogP contribution in [0.2, 0.25) is 0 Å². The molecule has 0 saturated heterocycles. The molecular formula is C70H131N2O6P. The predicted octanol–water partition coefficient (Wildman–Crippen LogP) is 20.8. The molecular weight excluding hydrogens is 996 g/mol. The van der Waals surface area contributed by atoms with E-state index >= 15 is 0 Å². The van der Waals surface area contributed by atoms with Crippen LogP contribution in [-0.4, -0.2) is 68.5 Å². The third-order valence-electron chi connectivity index (χ3n) is 15.2. The molecule has 9 heteroatoms. The summed E-state index contributed by atoms with van der Waals surface area (Å²) >= 11 is 0. The molecule has 2 N–H and O–H groups in total. The number of carbonyl (C=O) groups is 1. The lowest BCUT2D eigenvalue weighted by atomic mass is 10.0. The number of phosphoric acid groups is 1. The summed E-state index contributed by atoms with van der Waals surface area (Å²) in [5, 5.41) is 13.9. The van der Waals surface area contributed by atoms with E-state index in [1.807, 2.05) is 27.2 Å². The molecule has 0 spiro atoms. The Bertz CT molecular complexity index is 1520. The average Bonchev–Trinajstić information content (AvgIpc) is 3.42. The Labute approximate surface area is 491 Å².